The average Bonchev–Trinajstić information content (AvgIpc) is 2.90. The fourth-order valence-corrected chi connectivity index (χ4v) is 2.66. The van der Waals surface area contributed by atoms with Crippen LogP contribution in [0.3, 0.4) is 0 Å². The summed E-state index contributed by atoms with van der Waals surface area (Å²) in [6.07, 6.45) is 4.12. The molecule has 0 fully saturated rings. The van der Waals surface area contributed by atoms with E-state index in [-0.39, 0.29) is 5.91 Å². The van der Waals surface area contributed by atoms with Gasteiger partial charge in [0.25, 0.3) is 5.91 Å². The lowest BCUT2D eigenvalue weighted by Gasteiger charge is -2.07. The van der Waals surface area contributed by atoms with E-state index in [9.17, 15) is 4.79 Å². The highest BCUT2D eigenvalue weighted by atomic mass is 35.5. The number of rotatable bonds is 4. The Hall–Kier alpha value is -2.40. The summed E-state index contributed by atoms with van der Waals surface area (Å²) in [7, 11) is 0. The van der Waals surface area contributed by atoms with E-state index in [4.69, 9.17) is 11.6 Å². The third-order valence-electron chi connectivity index (χ3n) is 3.61. The minimum absolute atomic E-state index is 0.181. The summed E-state index contributed by atoms with van der Waals surface area (Å²) >= 11 is 6.05. The zero-order chi connectivity index (χ0) is 16.4. The molecule has 3 aromatic heterocycles. The average molecular weight is 329 g/mol. The van der Waals surface area contributed by atoms with Gasteiger partial charge < -0.3 is 5.32 Å². The van der Waals surface area contributed by atoms with E-state index in [0.717, 1.165) is 17.0 Å². The normalized spacial score (nSPS) is 10.9. The molecule has 0 atom stereocenters. The van der Waals surface area contributed by atoms with E-state index >= 15 is 0 Å². The van der Waals surface area contributed by atoms with Crippen molar-refractivity contribution in [3.8, 4) is 0 Å². The van der Waals surface area contributed by atoms with Gasteiger partial charge in [-0.05, 0) is 43.2 Å². The van der Waals surface area contributed by atoms with Crippen molar-refractivity contribution in [2.45, 2.75) is 26.8 Å². The van der Waals surface area contributed by atoms with E-state index in [1.54, 1.807) is 28.9 Å². The third kappa shape index (κ3) is 3.19. The van der Waals surface area contributed by atoms with Gasteiger partial charge in [-0.3, -0.25) is 14.2 Å². The van der Waals surface area contributed by atoms with E-state index in [0.29, 0.717) is 29.3 Å². The Morgan fingerprint density at radius 1 is 1.35 bits per heavy atom. The van der Waals surface area contributed by atoms with Crippen LogP contribution in [0, 0.1) is 6.92 Å². The molecule has 0 aliphatic carbocycles. The van der Waals surface area contributed by atoms with Gasteiger partial charge in [0, 0.05) is 12.4 Å². The number of amides is 1. The van der Waals surface area contributed by atoms with Gasteiger partial charge in [-0.15, -0.1) is 0 Å². The summed E-state index contributed by atoms with van der Waals surface area (Å²) in [6.45, 7) is 4.34. The van der Waals surface area contributed by atoms with E-state index in [1.807, 2.05) is 26.0 Å². The minimum Gasteiger partial charge on any atom is -0.345 e. The van der Waals surface area contributed by atoms with Gasteiger partial charge in [0.15, 0.2) is 0 Å². The number of aryl methyl sites for hydroxylation is 2. The molecule has 3 aromatic rings. The number of hydrogen-bond donors (Lipinski definition) is 1. The van der Waals surface area contributed by atoms with Crippen molar-refractivity contribution < 1.29 is 4.79 Å². The summed E-state index contributed by atoms with van der Waals surface area (Å²) in [5.74, 6) is -0.181. The molecule has 0 aromatic carbocycles. The van der Waals surface area contributed by atoms with Crippen LogP contribution in [0.2, 0.25) is 5.02 Å². The Morgan fingerprint density at radius 2 is 2.17 bits per heavy atom. The van der Waals surface area contributed by atoms with Crippen LogP contribution in [0.5, 0.6) is 0 Å². The maximum atomic E-state index is 12.6. The molecule has 3 heterocycles. The summed E-state index contributed by atoms with van der Waals surface area (Å²) in [6, 6.07) is 7.45. The number of nitrogens with one attached hydrogen (secondary N) is 1. The van der Waals surface area contributed by atoms with E-state index in [1.165, 1.54) is 0 Å². The Morgan fingerprint density at radius 3 is 2.91 bits per heavy atom. The molecule has 0 saturated heterocycles. The predicted molar refractivity (Wildman–Crippen MR) is 89.7 cm³/mol. The van der Waals surface area contributed by atoms with E-state index < -0.39 is 0 Å². The molecule has 3 rings (SSSR count). The second-order valence-corrected chi connectivity index (χ2v) is 5.78. The van der Waals surface area contributed by atoms with Crippen LogP contribution in [0.15, 0.2) is 36.7 Å². The van der Waals surface area contributed by atoms with Crippen LogP contribution in [0.4, 0.5) is 0 Å². The first-order valence-corrected chi connectivity index (χ1v) is 7.82. The van der Waals surface area contributed by atoms with Gasteiger partial charge in [0.1, 0.15) is 11.3 Å². The molecular formula is C17H17ClN4O. The second kappa shape index (κ2) is 6.38. The SMILES string of the molecule is CCc1nc2ccc(Cl)cn2c1C(=O)NCc1cc(C)ccn1. The molecule has 0 aliphatic heterocycles. The lowest BCUT2D eigenvalue weighted by molar-refractivity contribution is 0.0943. The summed E-state index contributed by atoms with van der Waals surface area (Å²) in [5, 5.41) is 3.47. The van der Waals surface area contributed by atoms with Crippen molar-refractivity contribution in [2.75, 3.05) is 0 Å². The first kappa shape index (κ1) is 15.5. The van der Waals surface area contributed by atoms with Gasteiger partial charge in [0.05, 0.1) is 23.0 Å². The number of imidazole rings is 1. The van der Waals surface area contributed by atoms with Crippen molar-refractivity contribution in [1.82, 2.24) is 19.7 Å². The lowest BCUT2D eigenvalue weighted by atomic mass is 10.2. The van der Waals surface area contributed by atoms with Crippen molar-refractivity contribution in [3.05, 3.63) is 64.3 Å². The van der Waals surface area contributed by atoms with Crippen LogP contribution in [-0.2, 0) is 13.0 Å². The summed E-state index contributed by atoms with van der Waals surface area (Å²) in [5.41, 5.74) is 3.92. The molecule has 118 valence electrons. The molecule has 0 spiro atoms. The van der Waals surface area contributed by atoms with Gasteiger partial charge in [-0.1, -0.05) is 18.5 Å². The number of nitrogens with zero attached hydrogens (tertiary/aromatic N) is 3. The number of fused-ring (bicyclic) bond motifs is 1. The molecule has 5 nitrogen and oxygen atoms in total. The molecular weight excluding hydrogens is 312 g/mol. The molecule has 6 heteroatoms. The lowest BCUT2D eigenvalue weighted by Crippen LogP contribution is -2.25. The fourth-order valence-electron chi connectivity index (χ4n) is 2.50. The number of aromatic nitrogens is 3. The number of hydrogen-bond acceptors (Lipinski definition) is 3. The van der Waals surface area contributed by atoms with Crippen LogP contribution in [0.1, 0.15) is 34.4 Å². The highest BCUT2D eigenvalue weighted by Gasteiger charge is 2.18. The Kier molecular flexibility index (Phi) is 4.30. The fraction of sp³-hybridized carbons (Fsp3) is 0.235. The highest BCUT2D eigenvalue weighted by Crippen LogP contribution is 2.17. The third-order valence-corrected chi connectivity index (χ3v) is 3.83. The Balaban J connectivity index is 1.89. The van der Waals surface area contributed by atoms with Crippen LogP contribution in [-0.4, -0.2) is 20.3 Å². The number of carbonyl (C=O) groups excluding carboxylic acids is 1. The van der Waals surface area contributed by atoms with Crippen LogP contribution >= 0.6 is 11.6 Å². The van der Waals surface area contributed by atoms with Crippen molar-refractivity contribution in [2.24, 2.45) is 0 Å². The second-order valence-electron chi connectivity index (χ2n) is 5.34. The first-order valence-electron chi connectivity index (χ1n) is 7.44. The molecule has 1 N–H and O–H groups in total. The highest BCUT2D eigenvalue weighted by molar-refractivity contribution is 6.30. The molecule has 0 unspecified atom stereocenters. The van der Waals surface area contributed by atoms with E-state index in [2.05, 4.69) is 15.3 Å². The standard InChI is InChI=1S/C17H17ClN4O/c1-3-14-16(22-10-12(18)4-5-15(22)21-14)17(23)20-9-13-8-11(2)6-7-19-13/h4-8,10H,3,9H2,1-2H3,(H,20,23). The zero-order valence-corrected chi connectivity index (χ0v) is 13.8. The van der Waals surface area contributed by atoms with Crippen LogP contribution in [0.25, 0.3) is 5.65 Å². The van der Waals surface area contributed by atoms with Gasteiger partial charge in [0.2, 0.25) is 0 Å². The zero-order valence-electron chi connectivity index (χ0n) is 13.0. The summed E-state index contributed by atoms with van der Waals surface area (Å²) in [4.78, 5) is 21.4. The molecule has 0 bridgehead atoms. The Bertz CT molecular complexity index is 872. The maximum absolute atomic E-state index is 12.6. The van der Waals surface area contributed by atoms with Gasteiger partial charge in [-0.2, -0.15) is 0 Å². The smallest absolute Gasteiger partial charge is 0.270 e. The minimum atomic E-state index is -0.181. The first-order chi connectivity index (χ1) is 11.1. The quantitative estimate of drug-likeness (QED) is 0.800. The number of carbonyl (C=O) groups is 1. The van der Waals surface area contributed by atoms with Crippen molar-refractivity contribution >= 4 is 23.2 Å². The maximum Gasteiger partial charge on any atom is 0.270 e. The number of pyridine rings is 2. The van der Waals surface area contributed by atoms with Gasteiger partial charge >= 0.3 is 0 Å². The monoisotopic (exact) mass is 328 g/mol. The largest absolute Gasteiger partial charge is 0.345 e. The Labute approximate surface area is 139 Å². The van der Waals surface area contributed by atoms with Crippen molar-refractivity contribution in [1.29, 1.82) is 0 Å². The summed E-state index contributed by atoms with van der Waals surface area (Å²) < 4.78 is 1.74. The predicted octanol–water partition coefficient (Wildman–Crippen LogP) is 3.18. The topological polar surface area (TPSA) is 59.3 Å². The molecule has 1 amide bonds. The van der Waals surface area contributed by atoms with Crippen LogP contribution < -0.4 is 5.32 Å². The number of halogens is 1. The van der Waals surface area contributed by atoms with Gasteiger partial charge in [-0.25, -0.2) is 4.98 Å². The molecule has 0 aliphatic rings. The molecule has 0 saturated carbocycles. The molecule has 0 radical (unpaired) electrons. The van der Waals surface area contributed by atoms with Crippen molar-refractivity contribution in [3.63, 3.8) is 0 Å². The molecule has 23 heavy (non-hydrogen) atoms.